The third kappa shape index (κ3) is 3.84. The first-order valence-corrected chi connectivity index (χ1v) is 9.24. The maximum absolute atomic E-state index is 12.5. The van der Waals surface area contributed by atoms with E-state index in [1.807, 2.05) is 60.8 Å². The maximum atomic E-state index is 12.5. The molecular weight excluding hydrogens is 366 g/mol. The Bertz CT molecular complexity index is 1260. The number of amides is 1. The van der Waals surface area contributed by atoms with E-state index in [4.69, 9.17) is 0 Å². The number of nitrogens with zero attached hydrogens (tertiary/aromatic N) is 3. The van der Waals surface area contributed by atoms with Crippen LogP contribution in [0.25, 0.3) is 22.2 Å². The van der Waals surface area contributed by atoms with E-state index in [-0.39, 0.29) is 5.69 Å². The Kier molecular flexibility index (Phi) is 5.03. The zero-order valence-corrected chi connectivity index (χ0v) is 15.8. The number of hydrazone groups is 1. The van der Waals surface area contributed by atoms with Crippen LogP contribution in [-0.2, 0) is 6.54 Å². The summed E-state index contributed by atoms with van der Waals surface area (Å²) in [4.78, 5) is 30.7. The van der Waals surface area contributed by atoms with E-state index in [1.165, 1.54) is 6.07 Å². The van der Waals surface area contributed by atoms with Crippen LogP contribution in [-0.4, -0.2) is 26.7 Å². The zero-order chi connectivity index (χ0) is 20.2. The van der Waals surface area contributed by atoms with Gasteiger partial charge in [-0.15, -0.1) is 0 Å². The lowest BCUT2D eigenvalue weighted by atomic mass is 10.1. The van der Waals surface area contributed by atoms with Crippen LogP contribution in [0.1, 0.15) is 23.0 Å². The fourth-order valence-electron chi connectivity index (χ4n) is 3.20. The molecule has 0 spiro atoms. The van der Waals surface area contributed by atoms with Gasteiger partial charge in [0.15, 0.2) is 0 Å². The van der Waals surface area contributed by atoms with E-state index < -0.39 is 11.6 Å². The van der Waals surface area contributed by atoms with Crippen molar-refractivity contribution >= 4 is 23.0 Å². The standard InChI is InChI=1S/C22H19N5O2/c1-2-27-14-16(17-10-6-7-11-20(17)27)13-23-26-21(28)19-12-18(24-22(29)25-19)15-8-4-3-5-9-15/h3-14H,2H2,1H3,(H,26,28)(H,24,25,29)/b23-13+. The van der Waals surface area contributed by atoms with Gasteiger partial charge in [0.1, 0.15) is 5.69 Å². The van der Waals surface area contributed by atoms with Gasteiger partial charge in [-0.25, -0.2) is 10.2 Å². The summed E-state index contributed by atoms with van der Waals surface area (Å²) < 4.78 is 2.12. The van der Waals surface area contributed by atoms with Gasteiger partial charge in [0.25, 0.3) is 5.91 Å². The highest BCUT2D eigenvalue weighted by Gasteiger charge is 2.10. The first-order chi connectivity index (χ1) is 14.2. The highest BCUT2D eigenvalue weighted by atomic mass is 16.2. The predicted octanol–water partition coefficient (Wildman–Crippen LogP) is 3.18. The van der Waals surface area contributed by atoms with Gasteiger partial charge in [0.2, 0.25) is 0 Å². The summed E-state index contributed by atoms with van der Waals surface area (Å²) >= 11 is 0. The van der Waals surface area contributed by atoms with Crippen LogP contribution in [0.5, 0.6) is 0 Å². The largest absolute Gasteiger partial charge is 0.347 e. The Morgan fingerprint density at radius 1 is 1.17 bits per heavy atom. The number of carbonyl (C=O) groups is 1. The molecule has 0 radical (unpaired) electrons. The number of carbonyl (C=O) groups excluding carboxylic acids is 1. The smallest absolute Gasteiger partial charge is 0.346 e. The summed E-state index contributed by atoms with van der Waals surface area (Å²) in [6.45, 7) is 2.90. The lowest BCUT2D eigenvalue weighted by Crippen LogP contribution is -2.24. The average Bonchev–Trinajstić information content (AvgIpc) is 3.12. The molecular formula is C22H19N5O2. The fourth-order valence-corrected chi connectivity index (χ4v) is 3.20. The molecule has 4 aromatic rings. The van der Waals surface area contributed by atoms with Gasteiger partial charge >= 0.3 is 5.69 Å². The molecule has 7 nitrogen and oxygen atoms in total. The van der Waals surface area contributed by atoms with Gasteiger partial charge in [-0.3, -0.25) is 4.79 Å². The Labute approximate surface area is 166 Å². The Balaban J connectivity index is 1.56. The average molecular weight is 385 g/mol. The second kappa shape index (κ2) is 7.93. The Morgan fingerprint density at radius 2 is 1.93 bits per heavy atom. The second-order valence-corrected chi connectivity index (χ2v) is 6.44. The van der Waals surface area contributed by atoms with Crippen molar-refractivity contribution in [2.45, 2.75) is 13.5 Å². The van der Waals surface area contributed by atoms with Crippen molar-refractivity contribution in [3.63, 3.8) is 0 Å². The summed E-state index contributed by atoms with van der Waals surface area (Å²) in [7, 11) is 0. The topological polar surface area (TPSA) is 92.1 Å². The van der Waals surface area contributed by atoms with Crippen molar-refractivity contribution in [3.8, 4) is 11.3 Å². The molecule has 7 heteroatoms. The first-order valence-electron chi connectivity index (χ1n) is 9.24. The lowest BCUT2D eigenvalue weighted by molar-refractivity contribution is 0.0949. The molecule has 4 rings (SSSR count). The van der Waals surface area contributed by atoms with Crippen LogP contribution < -0.4 is 11.1 Å². The van der Waals surface area contributed by atoms with Crippen molar-refractivity contribution in [1.29, 1.82) is 0 Å². The number of hydrogen-bond acceptors (Lipinski definition) is 4. The summed E-state index contributed by atoms with van der Waals surface area (Å²) in [6, 6.07) is 18.7. The minimum absolute atomic E-state index is 0.0944. The molecule has 144 valence electrons. The monoisotopic (exact) mass is 385 g/mol. The number of H-pyrrole nitrogens is 1. The number of benzene rings is 2. The molecule has 2 aromatic heterocycles. The minimum atomic E-state index is -0.591. The molecule has 2 heterocycles. The lowest BCUT2D eigenvalue weighted by Gasteiger charge is -2.03. The number of aromatic nitrogens is 3. The van der Waals surface area contributed by atoms with E-state index in [0.29, 0.717) is 5.69 Å². The molecule has 0 aliphatic rings. The highest BCUT2D eigenvalue weighted by Crippen LogP contribution is 2.20. The van der Waals surface area contributed by atoms with Crippen LogP contribution in [0.4, 0.5) is 0 Å². The van der Waals surface area contributed by atoms with E-state index in [2.05, 4.69) is 32.0 Å². The molecule has 2 aromatic carbocycles. The van der Waals surface area contributed by atoms with Crippen LogP contribution >= 0.6 is 0 Å². The number of aryl methyl sites for hydroxylation is 1. The minimum Gasteiger partial charge on any atom is -0.347 e. The number of para-hydroxylation sites is 1. The molecule has 0 aliphatic heterocycles. The molecule has 0 fully saturated rings. The number of nitrogens with one attached hydrogen (secondary N) is 2. The van der Waals surface area contributed by atoms with Crippen molar-refractivity contribution in [2.24, 2.45) is 5.10 Å². The molecule has 0 saturated heterocycles. The quantitative estimate of drug-likeness (QED) is 0.408. The number of hydrogen-bond donors (Lipinski definition) is 2. The van der Waals surface area contributed by atoms with Gasteiger partial charge in [0.05, 0.1) is 11.9 Å². The van der Waals surface area contributed by atoms with Crippen molar-refractivity contribution < 1.29 is 4.79 Å². The van der Waals surface area contributed by atoms with Crippen molar-refractivity contribution in [3.05, 3.63) is 88.6 Å². The van der Waals surface area contributed by atoms with Crippen molar-refractivity contribution in [2.75, 3.05) is 0 Å². The molecule has 0 aliphatic carbocycles. The summed E-state index contributed by atoms with van der Waals surface area (Å²) in [5.74, 6) is -0.517. The first kappa shape index (κ1) is 18.4. The fraction of sp³-hybridized carbons (Fsp3) is 0.0909. The number of aromatic amines is 1. The third-order valence-electron chi connectivity index (χ3n) is 4.59. The molecule has 0 bridgehead atoms. The zero-order valence-electron chi connectivity index (χ0n) is 15.8. The van der Waals surface area contributed by atoms with Gasteiger partial charge in [-0.2, -0.15) is 10.1 Å². The maximum Gasteiger partial charge on any atom is 0.346 e. The number of rotatable bonds is 5. The molecule has 2 N–H and O–H groups in total. The molecule has 0 unspecified atom stereocenters. The van der Waals surface area contributed by atoms with E-state index in [1.54, 1.807) is 6.21 Å². The van der Waals surface area contributed by atoms with Gasteiger partial charge in [-0.1, -0.05) is 48.5 Å². The van der Waals surface area contributed by atoms with Gasteiger partial charge < -0.3 is 9.55 Å². The number of fused-ring (bicyclic) bond motifs is 1. The van der Waals surface area contributed by atoms with E-state index in [9.17, 15) is 9.59 Å². The molecule has 0 saturated carbocycles. The molecule has 0 atom stereocenters. The van der Waals surface area contributed by atoms with Crippen LogP contribution in [0.15, 0.2) is 76.8 Å². The summed E-state index contributed by atoms with van der Waals surface area (Å²) in [5, 5.41) is 5.12. The van der Waals surface area contributed by atoms with E-state index in [0.717, 1.165) is 28.6 Å². The highest BCUT2D eigenvalue weighted by molar-refractivity contribution is 6.00. The predicted molar refractivity (Wildman–Crippen MR) is 113 cm³/mol. The normalized spacial score (nSPS) is 11.2. The van der Waals surface area contributed by atoms with E-state index >= 15 is 0 Å². The van der Waals surface area contributed by atoms with Crippen LogP contribution in [0.2, 0.25) is 0 Å². The summed E-state index contributed by atoms with van der Waals surface area (Å²) in [5.41, 5.74) is 5.15. The van der Waals surface area contributed by atoms with Crippen LogP contribution in [0.3, 0.4) is 0 Å². The third-order valence-corrected chi connectivity index (χ3v) is 4.59. The summed E-state index contributed by atoms with van der Waals surface area (Å²) in [6.07, 6.45) is 3.59. The van der Waals surface area contributed by atoms with Crippen LogP contribution in [0, 0.1) is 0 Å². The van der Waals surface area contributed by atoms with Crippen molar-refractivity contribution in [1.82, 2.24) is 20.0 Å². The molecule has 1 amide bonds. The van der Waals surface area contributed by atoms with Gasteiger partial charge in [0, 0.05) is 34.8 Å². The SMILES string of the molecule is CCn1cc(/C=N/NC(=O)c2cc(-c3ccccc3)nc(=O)[nH]2)c2ccccc21. The Morgan fingerprint density at radius 3 is 2.72 bits per heavy atom. The second-order valence-electron chi connectivity index (χ2n) is 6.44. The Hall–Kier alpha value is -4.00. The molecule has 29 heavy (non-hydrogen) atoms. The van der Waals surface area contributed by atoms with Gasteiger partial charge in [-0.05, 0) is 19.1 Å².